The van der Waals surface area contributed by atoms with E-state index in [0.717, 1.165) is 57.8 Å². The molecule has 0 aromatic heterocycles. The van der Waals surface area contributed by atoms with E-state index in [1.807, 2.05) is 36.5 Å². The second-order valence-electron chi connectivity index (χ2n) is 17.4. The number of hydrogen-bond acceptors (Lipinski definition) is 12. The van der Waals surface area contributed by atoms with E-state index >= 15 is 0 Å². The first-order valence-corrected chi connectivity index (χ1v) is 26.5. The van der Waals surface area contributed by atoms with Crippen LogP contribution in [-0.4, -0.2) is 98.3 Å². The summed E-state index contributed by atoms with van der Waals surface area (Å²) < 4.78 is 33.6. The Morgan fingerprint density at radius 1 is 0.500 bits per heavy atom. The lowest BCUT2D eigenvalue weighted by molar-refractivity contribution is -0.220. The van der Waals surface area contributed by atoms with Crippen molar-refractivity contribution in [3.63, 3.8) is 0 Å². The molecule has 1 rings (SSSR count). The van der Waals surface area contributed by atoms with Crippen molar-refractivity contribution in [1.29, 1.82) is 0 Å². The van der Waals surface area contributed by atoms with Crippen LogP contribution >= 0.6 is 7.82 Å². The van der Waals surface area contributed by atoms with Gasteiger partial charge in [-0.15, -0.1) is 0 Å². The average Bonchev–Trinajstić information content (AvgIpc) is 3.28. The van der Waals surface area contributed by atoms with E-state index in [1.54, 1.807) is 0 Å². The lowest BCUT2D eigenvalue weighted by Crippen LogP contribution is -2.64. The normalized spacial score (nSPS) is 21.9. The Hall–Kier alpha value is -2.19. The maximum atomic E-state index is 12.8. The van der Waals surface area contributed by atoms with Crippen molar-refractivity contribution < 1.29 is 63.1 Å². The zero-order valence-electron chi connectivity index (χ0n) is 39.6. The highest BCUT2D eigenvalue weighted by atomic mass is 31.2. The van der Waals surface area contributed by atoms with Gasteiger partial charge in [0.05, 0.1) is 6.61 Å². The van der Waals surface area contributed by atoms with E-state index in [-0.39, 0.29) is 12.8 Å². The van der Waals surface area contributed by atoms with Gasteiger partial charge in [0.1, 0.15) is 43.2 Å². The summed E-state index contributed by atoms with van der Waals surface area (Å²) in [5.41, 5.74) is 0. The summed E-state index contributed by atoms with van der Waals surface area (Å²) in [4.78, 5) is 35.8. The highest BCUT2D eigenvalue weighted by Crippen LogP contribution is 2.47. The number of phosphoric ester groups is 1. The Labute approximate surface area is 386 Å². The van der Waals surface area contributed by atoms with Crippen LogP contribution in [0.1, 0.15) is 200 Å². The third-order valence-corrected chi connectivity index (χ3v) is 12.5. The molecule has 0 bridgehead atoms. The highest BCUT2D eigenvalue weighted by molar-refractivity contribution is 7.47. The molecule has 14 heteroatoms. The van der Waals surface area contributed by atoms with Gasteiger partial charge >= 0.3 is 19.8 Å². The summed E-state index contributed by atoms with van der Waals surface area (Å²) in [5, 5.41) is 50.2. The lowest BCUT2D eigenvalue weighted by Gasteiger charge is -2.41. The number of hydrogen-bond donors (Lipinski definition) is 6. The van der Waals surface area contributed by atoms with Crippen molar-refractivity contribution in [2.75, 3.05) is 13.2 Å². The number of ether oxygens (including phenoxy) is 2. The molecule has 0 aromatic rings. The Kier molecular flexibility index (Phi) is 37.3. The molecule has 6 unspecified atom stereocenters. The topological polar surface area (TPSA) is 210 Å². The van der Waals surface area contributed by atoms with E-state index in [9.17, 15) is 44.6 Å². The van der Waals surface area contributed by atoms with Crippen LogP contribution in [0.4, 0.5) is 0 Å². The molecule has 0 aromatic carbocycles. The molecule has 1 saturated carbocycles. The van der Waals surface area contributed by atoms with Gasteiger partial charge in [-0.3, -0.25) is 18.6 Å². The van der Waals surface area contributed by atoms with E-state index in [4.69, 9.17) is 18.5 Å². The molecule has 8 atom stereocenters. The number of carbonyl (C=O) groups is 2. The number of esters is 2. The van der Waals surface area contributed by atoms with Crippen molar-refractivity contribution in [3.8, 4) is 0 Å². The van der Waals surface area contributed by atoms with E-state index in [2.05, 4.69) is 26.0 Å². The molecule has 0 radical (unpaired) electrons. The summed E-state index contributed by atoms with van der Waals surface area (Å²) >= 11 is 0. The lowest BCUT2D eigenvalue weighted by atomic mass is 9.85. The quantitative estimate of drug-likeness (QED) is 0.0146. The Morgan fingerprint density at radius 2 is 0.891 bits per heavy atom. The van der Waals surface area contributed by atoms with E-state index < -0.39 is 75.7 Å². The van der Waals surface area contributed by atoms with Crippen LogP contribution in [0, 0.1) is 0 Å². The first kappa shape index (κ1) is 59.8. The Balaban J connectivity index is 2.40. The molecule has 13 nitrogen and oxygen atoms in total. The second-order valence-corrected chi connectivity index (χ2v) is 18.8. The van der Waals surface area contributed by atoms with Crippen LogP contribution in [0.25, 0.3) is 0 Å². The molecule has 64 heavy (non-hydrogen) atoms. The third-order valence-electron chi connectivity index (χ3n) is 11.5. The van der Waals surface area contributed by atoms with Crippen LogP contribution in [0.3, 0.4) is 0 Å². The van der Waals surface area contributed by atoms with Crippen molar-refractivity contribution >= 4 is 19.8 Å². The van der Waals surface area contributed by atoms with Gasteiger partial charge in [-0.2, -0.15) is 0 Å². The smallest absolute Gasteiger partial charge is 0.462 e. The predicted molar refractivity (Wildman–Crippen MR) is 253 cm³/mol. The monoisotopic (exact) mass is 929 g/mol. The molecule has 0 saturated heterocycles. The van der Waals surface area contributed by atoms with Crippen molar-refractivity contribution in [2.24, 2.45) is 0 Å². The summed E-state index contributed by atoms with van der Waals surface area (Å²) in [6.45, 7) is 3.16. The van der Waals surface area contributed by atoms with Crippen LogP contribution in [0.15, 0.2) is 48.6 Å². The molecule has 1 fully saturated rings. The summed E-state index contributed by atoms with van der Waals surface area (Å²) in [6, 6.07) is 0. The molecule has 0 heterocycles. The first-order valence-electron chi connectivity index (χ1n) is 25.0. The van der Waals surface area contributed by atoms with Gasteiger partial charge in [-0.25, -0.2) is 4.57 Å². The first-order chi connectivity index (χ1) is 30.9. The number of unbranched alkanes of at least 4 members (excludes halogenated alkanes) is 24. The van der Waals surface area contributed by atoms with Crippen LogP contribution in [0.2, 0.25) is 0 Å². The standard InChI is InChI=1S/C50H89O13P/c1-3-5-7-9-11-13-15-17-19-20-21-22-23-25-26-28-30-32-34-36-38-43(51)60-40-42(41-61-64(58,59)63-50-48(56)46(54)45(53)47(55)49(50)57)62-44(52)39-37-35-33-31-29-27-24-18-16-14-12-10-8-6-4-2/h6,8,10,12,14,16,18,24,42,45-50,53-57H,3-5,7,9,11,13,15,17,19-23,25-41H2,1-2H3,(H,58,59)/b8-6+,12-10+,16-14+,24-18+/t42-,45?,46-,47?,48?,49?,50?/m0/s1. The second kappa shape index (κ2) is 39.9. The molecule has 0 aliphatic heterocycles. The fraction of sp³-hybridized carbons (Fsp3) is 0.800. The minimum absolute atomic E-state index is 0.0708. The number of carbonyl (C=O) groups excluding carboxylic acids is 2. The minimum atomic E-state index is -5.13. The summed E-state index contributed by atoms with van der Waals surface area (Å²) in [5.74, 6) is -1.12. The summed E-state index contributed by atoms with van der Waals surface area (Å²) in [7, 11) is -5.13. The maximum absolute atomic E-state index is 12.8. The van der Waals surface area contributed by atoms with Gasteiger partial charge in [-0.1, -0.05) is 204 Å². The Morgan fingerprint density at radius 3 is 1.36 bits per heavy atom. The van der Waals surface area contributed by atoms with Gasteiger partial charge in [0.2, 0.25) is 0 Å². The van der Waals surface area contributed by atoms with Gasteiger partial charge in [0.15, 0.2) is 6.10 Å². The minimum Gasteiger partial charge on any atom is -0.462 e. The van der Waals surface area contributed by atoms with Crippen molar-refractivity contribution in [2.45, 2.75) is 243 Å². The van der Waals surface area contributed by atoms with Crippen LogP contribution in [0.5, 0.6) is 0 Å². The number of phosphoric acid groups is 1. The van der Waals surface area contributed by atoms with Gasteiger partial charge in [-0.05, 0) is 32.1 Å². The SMILES string of the molecule is CC/C=C/C=C/C=C/C=C/CCCCCCCC(=O)O[C@@H](COC(=O)CCCCCCCCCCCCCCCCCCCCCC)COP(=O)(O)OC1C(O)C(O)C(O)[C@H](O)C1O. The van der Waals surface area contributed by atoms with Crippen molar-refractivity contribution in [3.05, 3.63) is 48.6 Å². The van der Waals surface area contributed by atoms with Gasteiger partial charge in [0, 0.05) is 12.8 Å². The number of aliphatic hydroxyl groups excluding tert-OH is 5. The number of allylic oxidation sites excluding steroid dienone is 8. The van der Waals surface area contributed by atoms with Gasteiger partial charge < -0.3 is 39.9 Å². The molecule has 6 N–H and O–H groups in total. The van der Waals surface area contributed by atoms with Crippen molar-refractivity contribution in [1.82, 2.24) is 0 Å². The molecule has 1 aliphatic carbocycles. The molecule has 0 amide bonds. The Bertz CT molecular complexity index is 1300. The number of aliphatic hydroxyl groups is 5. The maximum Gasteiger partial charge on any atom is 0.472 e. The molecule has 372 valence electrons. The van der Waals surface area contributed by atoms with E-state index in [0.29, 0.717) is 12.8 Å². The average molecular weight is 929 g/mol. The fourth-order valence-corrected chi connectivity index (χ4v) is 8.51. The molecular weight excluding hydrogens is 840 g/mol. The molecular formula is C50H89O13P. The third kappa shape index (κ3) is 31.7. The molecule has 0 spiro atoms. The summed E-state index contributed by atoms with van der Waals surface area (Å²) in [6.07, 6.45) is 34.5. The zero-order chi connectivity index (χ0) is 47.1. The van der Waals surface area contributed by atoms with Crippen LogP contribution < -0.4 is 0 Å². The number of rotatable bonds is 41. The zero-order valence-corrected chi connectivity index (χ0v) is 40.5. The highest BCUT2D eigenvalue weighted by Gasteiger charge is 2.51. The molecule has 1 aliphatic rings. The van der Waals surface area contributed by atoms with Crippen LogP contribution in [-0.2, 0) is 32.7 Å². The van der Waals surface area contributed by atoms with Gasteiger partial charge in [0.25, 0.3) is 0 Å². The fourth-order valence-electron chi connectivity index (χ4n) is 7.53. The predicted octanol–water partition coefficient (Wildman–Crippen LogP) is 10.3. The van der Waals surface area contributed by atoms with E-state index in [1.165, 1.54) is 103 Å². The largest absolute Gasteiger partial charge is 0.472 e.